The third kappa shape index (κ3) is 2.82. The molecule has 0 aliphatic heterocycles. The lowest BCUT2D eigenvalue weighted by atomic mass is 10.1. The van der Waals surface area contributed by atoms with Crippen molar-refractivity contribution >= 4 is 51.0 Å². The highest BCUT2D eigenvalue weighted by atomic mass is 127. The first-order chi connectivity index (χ1) is 11.8. The number of nitrogen functional groups attached to an aromatic ring is 2. The summed E-state index contributed by atoms with van der Waals surface area (Å²) < 4.78 is 7.08. The van der Waals surface area contributed by atoms with Crippen LogP contribution in [0, 0.1) is 10.5 Å². The highest BCUT2D eigenvalue weighted by molar-refractivity contribution is 14.1. The Bertz CT molecular complexity index is 1080. The molecule has 1 aromatic carbocycles. The van der Waals surface area contributed by atoms with E-state index in [9.17, 15) is 9.59 Å². The summed E-state index contributed by atoms with van der Waals surface area (Å²) in [6, 6.07) is 8.74. The predicted molar refractivity (Wildman–Crippen MR) is 105 cm³/mol. The van der Waals surface area contributed by atoms with Crippen LogP contribution in [-0.4, -0.2) is 22.6 Å². The minimum atomic E-state index is -0.780. The van der Waals surface area contributed by atoms with Crippen LogP contribution in [0.4, 0.5) is 11.5 Å². The molecule has 3 rings (SSSR count). The lowest BCUT2D eigenvalue weighted by Gasteiger charge is -2.16. The van der Waals surface area contributed by atoms with Crippen LogP contribution in [-0.2, 0) is 4.74 Å². The van der Waals surface area contributed by atoms with E-state index in [-0.39, 0.29) is 11.3 Å². The van der Waals surface area contributed by atoms with Crippen LogP contribution in [0.2, 0.25) is 0 Å². The van der Waals surface area contributed by atoms with Crippen LogP contribution < -0.4 is 17.0 Å². The first-order valence-electron chi connectivity index (χ1n) is 7.30. The molecule has 3 aromatic rings. The molecule has 25 heavy (non-hydrogen) atoms. The number of carbonyl (C=O) groups is 1. The summed E-state index contributed by atoms with van der Waals surface area (Å²) in [5.41, 5.74) is 12.8. The molecule has 0 saturated carbocycles. The van der Waals surface area contributed by atoms with Crippen molar-refractivity contribution in [1.82, 2.24) is 9.55 Å². The van der Waals surface area contributed by atoms with Gasteiger partial charge in [-0.3, -0.25) is 9.36 Å². The first-order valence-corrected chi connectivity index (χ1v) is 8.38. The van der Waals surface area contributed by atoms with E-state index < -0.39 is 11.5 Å². The van der Waals surface area contributed by atoms with E-state index in [1.807, 2.05) is 12.1 Å². The lowest BCUT2D eigenvalue weighted by Crippen LogP contribution is -2.29. The van der Waals surface area contributed by atoms with Crippen molar-refractivity contribution in [3.63, 3.8) is 0 Å². The summed E-state index contributed by atoms with van der Waals surface area (Å²) in [4.78, 5) is 29.4. The fraction of sp³-hybridized carbons (Fsp3) is 0.118. The summed E-state index contributed by atoms with van der Waals surface area (Å²) in [7, 11) is 1.21. The van der Waals surface area contributed by atoms with Crippen molar-refractivity contribution in [2.45, 2.75) is 6.92 Å². The van der Waals surface area contributed by atoms with Gasteiger partial charge in [0.2, 0.25) is 0 Å². The van der Waals surface area contributed by atoms with Crippen molar-refractivity contribution in [2.75, 3.05) is 18.6 Å². The molecule has 8 heteroatoms. The van der Waals surface area contributed by atoms with Gasteiger partial charge in [0.15, 0.2) is 0 Å². The Labute approximate surface area is 156 Å². The van der Waals surface area contributed by atoms with Crippen molar-refractivity contribution in [1.29, 1.82) is 0 Å². The number of aryl methyl sites for hydroxylation is 1. The standard InChI is InChI=1S/C17H15IN4O3/c1-8-11(5-6-13(19)21-8)22-12-7-9(18)3-4-10(12)15(20)14(16(22)23)17(24)25-2/h3-7H,20H2,1-2H3,(H2,19,21). The molecule has 4 N–H and O–H groups in total. The zero-order valence-corrected chi connectivity index (χ0v) is 15.7. The van der Waals surface area contributed by atoms with Crippen molar-refractivity contribution < 1.29 is 9.53 Å². The summed E-state index contributed by atoms with van der Waals surface area (Å²) in [6.07, 6.45) is 0. The van der Waals surface area contributed by atoms with Gasteiger partial charge in [-0.25, -0.2) is 9.78 Å². The number of aromatic nitrogens is 2. The van der Waals surface area contributed by atoms with Gasteiger partial charge in [0.1, 0.15) is 11.4 Å². The van der Waals surface area contributed by atoms with E-state index >= 15 is 0 Å². The Morgan fingerprint density at radius 3 is 2.60 bits per heavy atom. The zero-order chi connectivity index (χ0) is 18.3. The molecular weight excluding hydrogens is 435 g/mol. The molecule has 0 unspecified atom stereocenters. The average molecular weight is 450 g/mol. The molecule has 0 aliphatic carbocycles. The number of ether oxygens (including phenoxy) is 1. The Morgan fingerprint density at radius 1 is 1.24 bits per heavy atom. The number of halogens is 1. The van der Waals surface area contributed by atoms with E-state index in [2.05, 4.69) is 27.6 Å². The Hall–Kier alpha value is -2.62. The second-order valence-electron chi connectivity index (χ2n) is 5.42. The fourth-order valence-corrected chi connectivity index (χ4v) is 3.21. The molecule has 2 heterocycles. The number of carbonyl (C=O) groups excluding carboxylic acids is 1. The summed E-state index contributed by atoms with van der Waals surface area (Å²) in [5, 5.41) is 0.580. The molecule has 0 saturated heterocycles. The van der Waals surface area contributed by atoms with Gasteiger partial charge in [-0.2, -0.15) is 0 Å². The minimum Gasteiger partial charge on any atom is -0.465 e. The maximum atomic E-state index is 13.1. The van der Waals surface area contributed by atoms with Gasteiger partial charge in [0.05, 0.1) is 29.7 Å². The molecule has 7 nitrogen and oxygen atoms in total. The third-order valence-corrected chi connectivity index (χ3v) is 4.56. The monoisotopic (exact) mass is 450 g/mol. The van der Waals surface area contributed by atoms with E-state index in [0.717, 1.165) is 3.57 Å². The van der Waals surface area contributed by atoms with Gasteiger partial charge in [-0.15, -0.1) is 0 Å². The number of nitrogens with two attached hydrogens (primary N) is 2. The number of nitrogens with zero attached hydrogens (tertiary/aromatic N) is 2. The number of anilines is 2. The lowest BCUT2D eigenvalue weighted by molar-refractivity contribution is 0.0600. The van der Waals surface area contributed by atoms with Gasteiger partial charge >= 0.3 is 5.97 Å². The molecule has 0 aliphatic rings. The molecular formula is C17H15IN4O3. The number of methoxy groups -OCH3 is 1. The Kier molecular flexibility index (Phi) is 4.38. The van der Waals surface area contributed by atoms with E-state index in [1.54, 1.807) is 25.1 Å². The third-order valence-electron chi connectivity index (χ3n) is 3.89. The molecule has 0 fully saturated rings. The Morgan fingerprint density at radius 2 is 1.96 bits per heavy atom. The number of benzene rings is 1. The highest BCUT2D eigenvalue weighted by Gasteiger charge is 2.23. The van der Waals surface area contributed by atoms with Crippen LogP contribution in [0.25, 0.3) is 16.6 Å². The van der Waals surface area contributed by atoms with E-state index in [4.69, 9.17) is 16.2 Å². The van der Waals surface area contributed by atoms with Crippen LogP contribution in [0.15, 0.2) is 35.1 Å². The highest BCUT2D eigenvalue weighted by Crippen LogP contribution is 2.27. The van der Waals surface area contributed by atoms with Gasteiger partial charge in [0, 0.05) is 8.96 Å². The van der Waals surface area contributed by atoms with Gasteiger partial charge in [-0.1, -0.05) is 0 Å². The number of hydrogen-bond donors (Lipinski definition) is 2. The molecule has 128 valence electrons. The fourth-order valence-electron chi connectivity index (χ4n) is 2.74. The zero-order valence-electron chi connectivity index (χ0n) is 13.5. The number of fused-ring (bicyclic) bond motifs is 1. The molecule has 0 atom stereocenters. The van der Waals surface area contributed by atoms with Gasteiger partial charge < -0.3 is 16.2 Å². The maximum absolute atomic E-state index is 13.1. The SMILES string of the molecule is COC(=O)c1c(N)c2ccc(I)cc2n(-c2ccc(N)nc2C)c1=O. The second kappa shape index (κ2) is 6.36. The smallest absolute Gasteiger partial charge is 0.345 e. The predicted octanol–water partition coefficient (Wildman–Crippen LogP) is 2.25. The Balaban J connectivity index is 2.54. The largest absolute Gasteiger partial charge is 0.465 e. The molecule has 2 aromatic heterocycles. The number of hydrogen-bond acceptors (Lipinski definition) is 6. The average Bonchev–Trinajstić information content (AvgIpc) is 2.56. The molecule has 0 spiro atoms. The van der Waals surface area contributed by atoms with Crippen LogP contribution in [0.5, 0.6) is 0 Å². The van der Waals surface area contributed by atoms with Crippen molar-refractivity contribution in [3.05, 3.63) is 55.5 Å². The van der Waals surface area contributed by atoms with Crippen molar-refractivity contribution in [3.8, 4) is 5.69 Å². The molecule has 0 bridgehead atoms. The van der Waals surface area contributed by atoms with Crippen molar-refractivity contribution in [2.24, 2.45) is 0 Å². The van der Waals surface area contributed by atoms with Crippen LogP contribution in [0.1, 0.15) is 16.1 Å². The topological polar surface area (TPSA) is 113 Å². The van der Waals surface area contributed by atoms with E-state index in [0.29, 0.717) is 28.1 Å². The van der Waals surface area contributed by atoms with E-state index in [1.165, 1.54) is 11.7 Å². The minimum absolute atomic E-state index is 0.0977. The number of rotatable bonds is 2. The van der Waals surface area contributed by atoms with Gasteiger partial charge in [0.25, 0.3) is 5.56 Å². The summed E-state index contributed by atoms with van der Waals surface area (Å²) >= 11 is 2.15. The molecule has 0 radical (unpaired) electrons. The number of pyridine rings is 2. The quantitative estimate of drug-likeness (QED) is 0.458. The normalized spacial score (nSPS) is 10.8. The number of esters is 1. The summed E-state index contributed by atoms with van der Waals surface area (Å²) in [6.45, 7) is 1.74. The first kappa shape index (κ1) is 17.2. The molecule has 0 amide bonds. The van der Waals surface area contributed by atoms with Gasteiger partial charge in [-0.05, 0) is 59.8 Å². The second-order valence-corrected chi connectivity index (χ2v) is 6.67. The summed E-state index contributed by atoms with van der Waals surface area (Å²) in [5.74, 6) is -0.436. The van der Waals surface area contributed by atoms with Crippen LogP contribution in [0.3, 0.4) is 0 Å². The van der Waals surface area contributed by atoms with Crippen LogP contribution >= 0.6 is 22.6 Å². The maximum Gasteiger partial charge on any atom is 0.345 e.